The number of hydrogen-bond acceptors (Lipinski definition) is 4. The lowest BCUT2D eigenvalue weighted by Crippen LogP contribution is -2.00. The molecule has 1 aromatic heterocycles. The van der Waals surface area contributed by atoms with Crippen LogP contribution in [0.4, 0.5) is 0 Å². The molecule has 66 valence electrons. The van der Waals surface area contributed by atoms with Gasteiger partial charge in [-0.3, -0.25) is 5.10 Å². The summed E-state index contributed by atoms with van der Waals surface area (Å²) in [6, 6.07) is 0. The van der Waals surface area contributed by atoms with Gasteiger partial charge in [-0.25, -0.2) is 4.98 Å². The van der Waals surface area contributed by atoms with Crippen LogP contribution in [0.5, 0.6) is 0 Å². The van der Waals surface area contributed by atoms with E-state index >= 15 is 0 Å². The van der Waals surface area contributed by atoms with E-state index < -0.39 is 0 Å². The van der Waals surface area contributed by atoms with Gasteiger partial charge in [0.1, 0.15) is 5.82 Å². The smallest absolute Gasteiger partial charge is 0.154 e. The van der Waals surface area contributed by atoms with E-state index in [1.165, 1.54) is 12.2 Å². The summed E-state index contributed by atoms with van der Waals surface area (Å²) in [6.07, 6.45) is 1.20. The van der Waals surface area contributed by atoms with E-state index in [1.807, 2.05) is 11.8 Å². The number of thioether (sulfide) groups is 1. The first-order valence-electron chi connectivity index (χ1n) is 4.09. The Hall–Kier alpha value is -0.550. The molecule has 1 aliphatic heterocycles. The van der Waals surface area contributed by atoms with Gasteiger partial charge >= 0.3 is 0 Å². The zero-order valence-corrected chi connectivity index (χ0v) is 7.60. The fourth-order valence-corrected chi connectivity index (χ4v) is 2.54. The molecule has 0 amide bonds. The maximum atomic E-state index is 5.42. The van der Waals surface area contributed by atoms with E-state index in [4.69, 9.17) is 5.73 Å². The first kappa shape index (κ1) is 8.07. The normalized spacial score (nSPS) is 23.2. The molecule has 1 atom stereocenters. The molecule has 0 spiro atoms. The monoisotopic (exact) mass is 184 g/mol. The highest BCUT2D eigenvalue weighted by Crippen LogP contribution is 2.29. The Morgan fingerprint density at radius 2 is 2.58 bits per heavy atom. The number of H-pyrrole nitrogens is 1. The average Bonchev–Trinajstić information content (AvgIpc) is 2.75. The first-order chi connectivity index (χ1) is 5.90. The number of aromatic nitrogens is 3. The van der Waals surface area contributed by atoms with Crippen molar-refractivity contribution in [3.05, 3.63) is 11.6 Å². The van der Waals surface area contributed by atoms with Gasteiger partial charge in [0.25, 0.3) is 0 Å². The number of nitrogens with one attached hydrogen (secondary N) is 1. The Kier molecular flexibility index (Phi) is 2.32. The van der Waals surface area contributed by atoms with Gasteiger partial charge in [0, 0.05) is 11.7 Å². The topological polar surface area (TPSA) is 67.6 Å². The lowest BCUT2D eigenvalue weighted by Gasteiger charge is -1.99. The van der Waals surface area contributed by atoms with Gasteiger partial charge in [-0.2, -0.15) is 16.9 Å². The van der Waals surface area contributed by atoms with E-state index in [2.05, 4.69) is 15.2 Å². The van der Waals surface area contributed by atoms with Crippen molar-refractivity contribution in [3.8, 4) is 0 Å². The van der Waals surface area contributed by atoms with Crippen molar-refractivity contribution in [2.24, 2.45) is 5.73 Å². The third kappa shape index (κ3) is 1.47. The minimum absolute atomic E-state index is 0.451. The highest BCUT2D eigenvalue weighted by atomic mass is 32.2. The summed E-state index contributed by atoms with van der Waals surface area (Å²) in [5, 5.41) is 6.98. The summed E-state index contributed by atoms with van der Waals surface area (Å²) in [7, 11) is 0. The quantitative estimate of drug-likeness (QED) is 0.701. The molecule has 12 heavy (non-hydrogen) atoms. The predicted octanol–water partition coefficient (Wildman–Crippen LogP) is 0.484. The van der Waals surface area contributed by atoms with Crippen LogP contribution in [0.2, 0.25) is 0 Å². The van der Waals surface area contributed by atoms with Gasteiger partial charge in [-0.05, 0) is 12.2 Å². The molecule has 0 radical (unpaired) electrons. The number of nitrogens with two attached hydrogens (primary N) is 1. The lowest BCUT2D eigenvalue weighted by molar-refractivity contribution is 0.721. The Balaban J connectivity index is 2.11. The average molecular weight is 184 g/mol. The molecular weight excluding hydrogens is 172 g/mol. The van der Waals surface area contributed by atoms with Crippen LogP contribution in [0, 0.1) is 0 Å². The first-order valence-corrected chi connectivity index (χ1v) is 5.24. The maximum Gasteiger partial charge on any atom is 0.154 e. The molecule has 4 nitrogen and oxygen atoms in total. The molecule has 0 bridgehead atoms. The number of nitrogens with zero attached hydrogens (tertiary/aromatic N) is 2. The summed E-state index contributed by atoms with van der Waals surface area (Å²) in [4.78, 5) is 4.31. The van der Waals surface area contributed by atoms with Crippen molar-refractivity contribution >= 4 is 11.8 Å². The summed E-state index contributed by atoms with van der Waals surface area (Å²) in [5.74, 6) is 4.67. The van der Waals surface area contributed by atoms with Gasteiger partial charge in [0.15, 0.2) is 5.82 Å². The van der Waals surface area contributed by atoms with Crippen molar-refractivity contribution in [1.29, 1.82) is 0 Å². The molecule has 1 unspecified atom stereocenters. The SMILES string of the molecule is NCc1nc(C2CCSC2)n[nH]1. The number of aromatic amines is 1. The third-order valence-corrected chi connectivity index (χ3v) is 3.20. The molecule has 0 aromatic carbocycles. The summed E-state index contributed by atoms with van der Waals surface area (Å²) >= 11 is 1.97. The Morgan fingerprint density at radius 1 is 1.67 bits per heavy atom. The van der Waals surface area contributed by atoms with Gasteiger partial charge in [-0.15, -0.1) is 0 Å². The maximum absolute atomic E-state index is 5.42. The van der Waals surface area contributed by atoms with Crippen LogP contribution >= 0.6 is 11.8 Å². The largest absolute Gasteiger partial charge is 0.324 e. The van der Waals surface area contributed by atoms with Gasteiger partial charge in [-0.1, -0.05) is 0 Å². The molecule has 2 heterocycles. The summed E-state index contributed by atoms with van der Waals surface area (Å²) in [5.41, 5.74) is 5.42. The third-order valence-electron chi connectivity index (χ3n) is 2.04. The minimum Gasteiger partial charge on any atom is -0.324 e. The van der Waals surface area contributed by atoms with E-state index in [0.717, 1.165) is 17.4 Å². The van der Waals surface area contributed by atoms with Crippen LogP contribution in [-0.4, -0.2) is 26.7 Å². The van der Waals surface area contributed by atoms with Crippen LogP contribution < -0.4 is 5.73 Å². The fraction of sp³-hybridized carbons (Fsp3) is 0.714. The Morgan fingerprint density at radius 3 is 3.17 bits per heavy atom. The zero-order valence-electron chi connectivity index (χ0n) is 6.79. The molecule has 5 heteroatoms. The Labute approximate surface area is 75.3 Å². The van der Waals surface area contributed by atoms with E-state index in [1.54, 1.807) is 0 Å². The second-order valence-corrected chi connectivity index (χ2v) is 4.05. The molecule has 0 saturated carbocycles. The Bertz CT molecular complexity index is 254. The molecule has 1 saturated heterocycles. The second-order valence-electron chi connectivity index (χ2n) is 2.90. The van der Waals surface area contributed by atoms with Crippen LogP contribution in [0.25, 0.3) is 0 Å². The van der Waals surface area contributed by atoms with Gasteiger partial charge < -0.3 is 5.73 Å². The predicted molar refractivity (Wildman–Crippen MR) is 49.0 cm³/mol. The molecule has 1 aromatic rings. The lowest BCUT2D eigenvalue weighted by atomic mass is 10.1. The molecule has 2 rings (SSSR count). The highest BCUT2D eigenvalue weighted by Gasteiger charge is 2.21. The fourth-order valence-electron chi connectivity index (χ4n) is 1.32. The number of rotatable bonds is 2. The molecule has 0 aliphatic carbocycles. The minimum atomic E-state index is 0.451. The molecular formula is C7H12N4S. The van der Waals surface area contributed by atoms with Crippen LogP contribution in [-0.2, 0) is 6.54 Å². The zero-order chi connectivity index (χ0) is 8.39. The standard InChI is InChI=1S/C7H12N4S/c8-3-6-9-7(11-10-6)5-1-2-12-4-5/h5H,1-4,8H2,(H,9,10,11). The van der Waals surface area contributed by atoms with Crippen LogP contribution in [0.1, 0.15) is 24.0 Å². The van der Waals surface area contributed by atoms with Crippen LogP contribution in [0.15, 0.2) is 0 Å². The number of hydrogen-bond donors (Lipinski definition) is 2. The van der Waals surface area contributed by atoms with Crippen LogP contribution in [0.3, 0.4) is 0 Å². The van der Waals surface area contributed by atoms with Crippen molar-refractivity contribution in [2.75, 3.05) is 11.5 Å². The van der Waals surface area contributed by atoms with Gasteiger partial charge in [0.05, 0.1) is 6.54 Å². The second kappa shape index (κ2) is 3.45. The summed E-state index contributed by atoms with van der Waals surface area (Å²) in [6.45, 7) is 0.451. The van der Waals surface area contributed by atoms with Crippen molar-refractivity contribution in [2.45, 2.75) is 18.9 Å². The van der Waals surface area contributed by atoms with Crippen molar-refractivity contribution in [1.82, 2.24) is 15.2 Å². The molecule has 3 N–H and O–H groups in total. The van der Waals surface area contributed by atoms with Crippen molar-refractivity contribution < 1.29 is 0 Å². The molecule has 1 aliphatic rings. The van der Waals surface area contributed by atoms with E-state index in [-0.39, 0.29) is 0 Å². The highest BCUT2D eigenvalue weighted by molar-refractivity contribution is 7.99. The van der Waals surface area contributed by atoms with Gasteiger partial charge in [0.2, 0.25) is 0 Å². The summed E-state index contributed by atoms with van der Waals surface area (Å²) < 4.78 is 0. The van der Waals surface area contributed by atoms with Crippen molar-refractivity contribution in [3.63, 3.8) is 0 Å². The van der Waals surface area contributed by atoms with E-state index in [9.17, 15) is 0 Å². The molecule has 1 fully saturated rings. The van der Waals surface area contributed by atoms with E-state index in [0.29, 0.717) is 12.5 Å².